The van der Waals surface area contributed by atoms with E-state index < -0.39 is 0 Å². The zero-order valence-corrected chi connectivity index (χ0v) is 17.1. The van der Waals surface area contributed by atoms with Crippen LogP contribution in [0, 0.1) is 0 Å². The third kappa shape index (κ3) is 5.24. The number of rotatable bonds is 9. The fourth-order valence-corrected chi connectivity index (χ4v) is 3.49. The van der Waals surface area contributed by atoms with E-state index in [0.717, 1.165) is 46.3 Å². The van der Waals surface area contributed by atoms with Crippen molar-refractivity contribution >= 4 is 34.2 Å². The van der Waals surface area contributed by atoms with E-state index in [1.165, 1.54) is 12.8 Å². The lowest BCUT2D eigenvalue weighted by molar-refractivity contribution is -0.121. The Labute approximate surface area is 175 Å². The van der Waals surface area contributed by atoms with Crippen LogP contribution in [0.25, 0.3) is 22.0 Å². The van der Waals surface area contributed by atoms with E-state index >= 15 is 0 Å². The molecule has 1 saturated carbocycles. The molecule has 29 heavy (non-hydrogen) atoms. The summed E-state index contributed by atoms with van der Waals surface area (Å²) in [5.41, 5.74) is 4.24. The number of hydrogen-bond donors (Lipinski definition) is 2. The number of unbranched alkanes of at least 4 members (excludes halogenated alkanes) is 1. The minimum absolute atomic E-state index is 0.0687. The molecule has 0 radical (unpaired) electrons. The van der Waals surface area contributed by atoms with Crippen LogP contribution in [0.15, 0.2) is 48.8 Å². The van der Waals surface area contributed by atoms with E-state index in [4.69, 9.17) is 11.6 Å². The Bertz CT molecular complexity index is 1000. The molecular weight excluding hydrogens is 384 g/mol. The van der Waals surface area contributed by atoms with Gasteiger partial charge >= 0.3 is 0 Å². The fraction of sp³-hybridized carbons (Fsp3) is 0.348. The molecule has 1 fully saturated rings. The van der Waals surface area contributed by atoms with Gasteiger partial charge in [0.15, 0.2) is 0 Å². The zero-order chi connectivity index (χ0) is 20.1. The Kier molecular flexibility index (Phi) is 6.25. The van der Waals surface area contributed by atoms with Crippen molar-refractivity contribution in [1.82, 2.24) is 15.3 Å². The smallest absolute Gasteiger partial charge is 0.220 e. The average Bonchev–Trinajstić information content (AvgIpc) is 3.57. The number of carbonyl (C=O) groups excluding carboxylic acids is 1. The molecule has 1 aliphatic rings. The molecule has 2 N–H and O–H groups in total. The minimum Gasteiger partial charge on any atom is -0.367 e. The maximum atomic E-state index is 11.9. The van der Waals surface area contributed by atoms with Crippen molar-refractivity contribution in [2.24, 2.45) is 0 Å². The Morgan fingerprint density at radius 1 is 1.07 bits per heavy atom. The molecule has 150 valence electrons. The summed E-state index contributed by atoms with van der Waals surface area (Å²) in [6.45, 7) is 0.527. The summed E-state index contributed by atoms with van der Waals surface area (Å²) < 4.78 is 0. The topological polar surface area (TPSA) is 66.9 Å². The number of carbonyl (C=O) groups is 1. The molecule has 1 aromatic heterocycles. The quantitative estimate of drug-likeness (QED) is 0.390. The molecule has 3 aromatic rings. The summed E-state index contributed by atoms with van der Waals surface area (Å²) in [5.74, 6) is 1.57. The molecule has 0 unspecified atom stereocenters. The second-order valence-electron chi connectivity index (χ2n) is 7.50. The summed E-state index contributed by atoms with van der Waals surface area (Å²) in [5, 5.41) is 7.52. The molecule has 2 aromatic carbocycles. The number of benzene rings is 2. The van der Waals surface area contributed by atoms with Gasteiger partial charge in [-0.25, -0.2) is 9.97 Å². The van der Waals surface area contributed by atoms with Crippen molar-refractivity contribution in [2.45, 2.75) is 44.7 Å². The molecule has 0 bridgehead atoms. The van der Waals surface area contributed by atoms with Crippen LogP contribution in [0.2, 0.25) is 0 Å². The molecular formula is C23H25ClN4O. The van der Waals surface area contributed by atoms with Gasteiger partial charge in [0.2, 0.25) is 5.91 Å². The Morgan fingerprint density at radius 2 is 1.93 bits per heavy atom. The van der Waals surface area contributed by atoms with E-state index in [2.05, 4.69) is 44.9 Å². The molecule has 0 spiro atoms. The molecule has 1 heterocycles. The highest BCUT2D eigenvalue weighted by molar-refractivity contribution is 6.17. The van der Waals surface area contributed by atoms with Crippen LogP contribution in [-0.4, -0.2) is 27.8 Å². The summed E-state index contributed by atoms with van der Waals surface area (Å²) in [6, 6.07) is 15.1. The molecule has 0 aliphatic heterocycles. The molecule has 6 heteroatoms. The summed E-state index contributed by atoms with van der Waals surface area (Å²) in [4.78, 5) is 20.8. The number of amides is 1. The highest BCUT2D eigenvalue weighted by atomic mass is 35.5. The van der Waals surface area contributed by atoms with Crippen LogP contribution in [0.1, 0.15) is 37.7 Å². The van der Waals surface area contributed by atoms with E-state index in [0.29, 0.717) is 24.9 Å². The van der Waals surface area contributed by atoms with Crippen LogP contribution >= 0.6 is 11.6 Å². The first-order valence-corrected chi connectivity index (χ1v) is 10.7. The lowest BCUT2D eigenvalue weighted by Gasteiger charge is -2.10. The zero-order valence-electron chi connectivity index (χ0n) is 16.3. The number of anilines is 1. The molecule has 1 amide bonds. The van der Waals surface area contributed by atoms with Crippen molar-refractivity contribution in [3.05, 3.63) is 54.4 Å². The molecule has 0 saturated heterocycles. The predicted octanol–water partition coefficient (Wildman–Crippen LogP) is 4.90. The number of alkyl halides is 1. The van der Waals surface area contributed by atoms with Gasteiger partial charge in [0.05, 0.1) is 5.52 Å². The summed E-state index contributed by atoms with van der Waals surface area (Å²) in [6.07, 6.45) is 6.23. The van der Waals surface area contributed by atoms with Crippen molar-refractivity contribution in [3.63, 3.8) is 0 Å². The monoisotopic (exact) mass is 408 g/mol. The SMILES string of the molecule is O=C(CCCCCl)NCc1cccc(-c2ccc3ncnc(NC4CC4)c3c2)c1. The second-order valence-corrected chi connectivity index (χ2v) is 7.87. The van der Waals surface area contributed by atoms with Gasteiger partial charge in [-0.2, -0.15) is 0 Å². The van der Waals surface area contributed by atoms with E-state index in [-0.39, 0.29) is 5.91 Å². The van der Waals surface area contributed by atoms with Gasteiger partial charge < -0.3 is 10.6 Å². The third-order valence-corrected chi connectivity index (χ3v) is 5.36. The number of hydrogen-bond acceptors (Lipinski definition) is 4. The highest BCUT2D eigenvalue weighted by Gasteiger charge is 2.22. The maximum absolute atomic E-state index is 11.9. The lowest BCUT2D eigenvalue weighted by atomic mass is 10.0. The third-order valence-electron chi connectivity index (χ3n) is 5.09. The first-order valence-electron chi connectivity index (χ1n) is 10.2. The maximum Gasteiger partial charge on any atom is 0.220 e. The van der Waals surface area contributed by atoms with Crippen molar-refractivity contribution in [1.29, 1.82) is 0 Å². The van der Waals surface area contributed by atoms with Crippen LogP contribution in [0.4, 0.5) is 5.82 Å². The number of nitrogens with one attached hydrogen (secondary N) is 2. The first-order chi connectivity index (χ1) is 14.2. The predicted molar refractivity (Wildman–Crippen MR) is 118 cm³/mol. The van der Waals surface area contributed by atoms with Gasteiger partial charge in [-0.3, -0.25) is 4.79 Å². The summed E-state index contributed by atoms with van der Waals surface area (Å²) >= 11 is 5.66. The minimum atomic E-state index is 0.0687. The molecule has 0 atom stereocenters. The van der Waals surface area contributed by atoms with Gasteiger partial charge in [0.1, 0.15) is 12.1 Å². The van der Waals surface area contributed by atoms with Gasteiger partial charge in [-0.1, -0.05) is 24.3 Å². The van der Waals surface area contributed by atoms with Gasteiger partial charge in [0.25, 0.3) is 0 Å². The first kappa shape index (κ1) is 19.6. The van der Waals surface area contributed by atoms with Crippen LogP contribution < -0.4 is 10.6 Å². The number of halogens is 1. The van der Waals surface area contributed by atoms with Gasteiger partial charge in [0, 0.05) is 30.3 Å². The highest BCUT2D eigenvalue weighted by Crippen LogP contribution is 2.30. The van der Waals surface area contributed by atoms with Crippen molar-refractivity contribution in [3.8, 4) is 11.1 Å². The van der Waals surface area contributed by atoms with Crippen molar-refractivity contribution in [2.75, 3.05) is 11.2 Å². The van der Waals surface area contributed by atoms with Crippen LogP contribution in [0.5, 0.6) is 0 Å². The number of aromatic nitrogens is 2. The normalized spacial score (nSPS) is 13.4. The largest absolute Gasteiger partial charge is 0.367 e. The van der Waals surface area contributed by atoms with Gasteiger partial charge in [-0.15, -0.1) is 11.6 Å². The number of fused-ring (bicyclic) bond motifs is 1. The van der Waals surface area contributed by atoms with Crippen LogP contribution in [-0.2, 0) is 11.3 Å². The van der Waals surface area contributed by atoms with Crippen molar-refractivity contribution < 1.29 is 4.79 Å². The molecule has 1 aliphatic carbocycles. The number of nitrogens with zero attached hydrogens (tertiary/aromatic N) is 2. The van der Waals surface area contributed by atoms with E-state index in [1.807, 2.05) is 18.2 Å². The Morgan fingerprint density at radius 3 is 2.76 bits per heavy atom. The van der Waals surface area contributed by atoms with Gasteiger partial charge in [-0.05, 0) is 60.6 Å². The standard InChI is InChI=1S/C23H25ClN4O/c24-11-2-1-6-22(29)25-14-16-4-3-5-17(12-16)18-7-10-21-20(13-18)23(27-15-26-21)28-19-8-9-19/h3-5,7,10,12-13,15,19H,1-2,6,8-9,11,14H2,(H,25,29)(H,26,27,28). The van der Waals surface area contributed by atoms with E-state index in [9.17, 15) is 4.79 Å². The second kappa shape index (κ2) is 9.23. The van der Waals surface area contributed by atoms with E-state index in [1.54, 1.807) is 6.33 Å². The summed E-state index contributed by atoms with van der Waals surface area (Å²) in [7, 11) is 0. The molecule has 4 rings (SSSR count). The Balaban J connectivity index is 1.50. The molecule has 5 nitrogen and oxygen atoms in total. The lowest BCUT2D eigenvalue weighted by Crippen LogP contribution is -2.22. The van der Waals surface area contributed by atoms with Crippen LogP contribution in [0.3, 0.4) is 0 Å². The fourth-order valence-electron chi connectivity index (χ4n) is 3.30. The Hall–Kier alpha value is -2.66. The average molecular weight is 409 g/mol.